The van der Waals surface area contributed by atoms with Crippen molar-refractivity contribution in [1.82, 2.24) is 15.0 Å². The van der Waals surface area contributed by atoms with Crippen LogP contribution < -0.4 is 5.32 Å². The van der Waals surface area contributed by atoms with E-state index < -0.39 is 0 Å². The molecule has 2 N–H and O–H groups in total. The molecule has 1 aromatic heterocycles. The zero-order valence-electron chi connectivity index (χ0n) is 14.4. The van der Waals surface area contributed by atoms with Crippen molar-refractivity contribution in [2.24, 2.45) is 5.92 Å². The molecule has 7 heteroatoms. The molecule has 1 aromatic carbocycles. The summed E-state index contributed by atoms with van der Waals surface area (Å²) in [6, 6.07) is 7.41. The SMILES string of the molecule is CCc1noc(CNc2cccc(C(=O)N3CCC[C@@H](CO)C3)c2)n1. The highest BCUT2D eigenvalue weighted by Gasteiger charge is 2.24. The van der Waals surface area contributed by atoms with Gasteiger partial charge in [0.05, 0.1) is 6.54 Å². The lowest BCUT2D eigenvalue weighted by atomic mass is 9.98. The highest BCUT2D eigenvalue weighted by molar-refractivity contribution is 5.95. The predicted octanol–water partition coefficient (Wildman–Crippen LogP) is 2.09. The molecule has 2 heterocycles. The minimum atomic E-state index is 0.00728. The number of nitrogens with zero attached hydrogens (tertiary/aromatic N) is 3. The summed E-state index contributed by atoms with van der Waals surface area (Å²) in [6.07, 6.45) is 2.65. The standard InChI is InChI=1S/C18H24N4O3/c1-2-16-20-17(25-21-16)10-19-15-7-3-6-14(9-15)18(24)22-8-4-5-13(11-22)12-23/h3,6-7,9,13,19,23H,2,4-5,8,10-12H2,1H3/t13-/m1/s1. The van der Waals surface area contributed by atoms with Gasteiger partial charge in [-0.1, -0.05) is 18.1 Å². The van der Waals surface area contributed by atoms with Gasteiger partial charge in [-0.25, -0.2) is 0 Å². The topological polar surface area (TPSA) is 91.5 Å². The third-order valence-corrected chi connectivity index (χ3v) is 4.44. The minimum absolute atomic E-state index is 0.00728. The van der Waals surface area contributed by atoms with Gasteiger partial charge in [0, 0.05) is 37.4 Å². The van der Waals surface area contributed by atoms with Crippen molar-refractivity contribution in [2.75, 3.05) is 25.0 Å². The summed E-state index contributed by atoms with van der Waals surface area (Å²) in [5, 5.41) is 16.4. The van der Waals surface area contributed by atoms with E-state index in [1.165, 1.54) is 0 Å². The van der Waals surface area contributed by atoms with Gasteiger partial charge in [-0.2, -0.15) is 4.98 Å². The number of aryl methyl sites for hydroxylation is 1. The molecule has 1 amide bonds. The van der Waals surface area contributed by atoms with Crippen molar-refractivity contribution in [1.29, 1.82) is 0 Å². The van der Waals surface area contributed by atoms with Crippen molar-refractivity contribution in [3.8, 4) is 0 Å². The third-order valence-electron chi connectivity index (χ3n) is 4.44. The number of benzene rings is 1. The van der Waals surface area contributed by atoms with E-state index in [4.69, 9.17) is 4.52 Å². The molecule has 1 aliphatic heterocycles. The number of aromatic nitrogens is 2. The molecule has 0 unspecified atom stereocenters. The fraction of sp³-hybridized carbons (Fsp3) is 0.500. The quantitative estimate of drug-likeness (QED) is 0.834. The van der Waals surface area contributed by atoms with Crippen LogP contribution in [0.3, 0.4) is 0 Å². The normalized spacial score (nSPS) is 17.5. The van der Waals surface area contributed by atoms with Gasteiger partial charge in [0.2, 0.25) is 5.89 Å². The largest absolute Gasteiger partial charge is 0.396 e. The number of piperidine rings is 1. The van der Waals surface area contributed by atoms with Crippen LogP contribution in [0.15, 0.2) is 28.8 Å². The number of likely N-dealkylation sites (tertiary alicyclic amines) is 1. The van der Waals surface area contributed by atoms with Gasteiger partial charge < -0.3 is 19.8 Å². The van der Waals surface area contributed by atoms with Gasteiger partial charge >= 0.3 is 0 Å². The van der Waals surface area contributed by atoms with Crippen molar-refractivity contribution in [3.63, 3.8) is 0 Å². The van der Waals surface area contributed by atoms with Crippen molar-refractivity contribution in [3.05, 3.63) is 41.5 Å². The van der Waals surface area contributed by atoms with E-state index in [0.717, 1.165) is 31.5 Å². The van der Waals surface area contributed by atoms with Gasteiger partial charge in [0.25, 0.3) is 5.91 Å². The maximum atomic E-state index is 12.7. The summed E-state index contributed by atoms with van der Waals surface area (Å²) in [5.41, 5.74) is 1.47. The lowest BCUT2D eigenvalue weighted by Crippen LogP contribution is -2.40. The van der Waals surface area contributed by atoms with E-state index in [9.17, 15) is 9.90 Å². The van der Waals surface area contributed by atoms with Crippen LogP contribution in [0.4, 0.5) is 5.69 Å². The molecule has 0 aliphatic carbocycles. The molecule has 1 aliphatic rings. The zero-order valence-corrected chi connectivity index (χ0v) is 14.4. The Kier molecular flexibility index (Phi) is 5.65. The Morgan fingerprint density at radius 2 is 2.36 bits per heavy atom. The number of hydrogen-bond donors (Lipinski definition) is 2. The van der Waals surface area contributed by atoms with Gasteiger partial charge in [-0.15, -0.1) is 0 Å². The summed E-state index contributed by atoms with van der Waals surface area (Å²) < 4.78 is 5.15. The Morgan fingerprint density at radius 1 is 1.48 bits per heavy atom. The molecule has 1 saturated heterocycles. The second kappa shape index (κ2) is 8.11. The first-order valence-electron chi connectivity index (χ1n) is 8.75. The zero-order chi connectivity index (χ0) is 17.6. The molecule has 0 bridgehead atoms. The smallest absolute Gasteiger partial charge is 0.253 e. The highest BCUT2D eigenvalue weighted by Crippen LogP contribution is 2.20. The predicted molar refractivity (Wildman–Crippen MR) is 93.2 cm³/mol. The summed E-state index contributed by atoms with van der Waals surface area (Å²) in [6.45, 7) is 3.89. The first-order valence-corrected chi connectivity index (χ1v) is 8.75. The van der Waals surface area contributed by atoms with Gasteiger partial charge in [-0.3, -0.25) is 4.79 Å². The molecule has 134 valence electrons. The molecule has 0 saturated carbocycles. The van der Waals surface area contributed by atoms with Crippen LogP contribution in [-0.2, 0) is 13.0 Å². The fourth-order valence-corrected chi connectivity index (χ4v) is 3.03. The number of amides is 1. The van der Waals surface area contributed by atoms with Crippen LogP contribution in [0.2, 0.25) is 0 Å². The number of carbonyl (C=O) groups is 1. The Bertz CT molecular complexity index is 716. The van der Waals surface area contributed by atoms with Crippen LogP contribution in [0.25, 0.3) is 0 Å². The van der Waals surface area contributed by atoms with Crippen LogP contribution in [0.1, 0.15) is 41.8 Å². The maximum absolute atomic E-state index is 12.7. The second-order valence-electron chi connectivity index (χ2n) is 6.33. The Morgan fingerprint density at radius 3 is 3.12 bits per heavy atom. The lowest BCUT2D eigenvalue weighted by Gasteiger charge is -2.32. The molecule has 25 heavy (non-hydrogen) atoms. The van der Waals surface area contributed by atoms with E-state index in [-0.39, 0.29) is 18.4 Å². The van der Waals surface area contributed by atoms with Crippen LogP contribution >= 0.6 is 0 Å². The van der Waals surface area contributed by atoms with Gasteiger partial charge in [0.15, 0.2) is 5.82 Å². The van der Waals surface area contributed by atoms with E-state index in [1.807, 2.05) is 36.1 Å². The third kappa shape index (κ3) is 4.36. The number of aliphatic hydroxyl groups excluding tert-OH is 1. The van der Waals surface area contributed by atoms with Crippen LogP contribution in [0.5, 0.6) is 0 Å². The molecule has 3 rings (SSSR count). The summed E-state index contributed by atoms with van der Waals surface area (Å²) in [4.78, 5) is 18.8. The summed E-state index contributed by atoms with van der Waals surface area (Å²) in [7, 11) is 0. The highest BCUT2D eigenvalue weighted by atomic mass is 16.5. The minimum Gasteiger partial charge on any atom is -0.396 e. The average Bonchev–Trinajstić information content (AvgIpc) is 3.14. The van der Waals surface area contributed by atoms with E-state index in [2.05, 4.69) is 15.5 Å². The molecule has 0 spiro atoms. The molecular formula is C18H24N4O3. The number of rotatable bonds is 6. The van der Waals surface area contributed by atoms with Gasteiger partial charge in [-0.05, 0) is 37.0 Å². The Labute approximate surface area is 147 Å². The van der Waals surface area contributed by atoms with E-state index in [1.54, 1.807) is 0 Å². The molecule has 1 fully saturated rings. The Hall–Kier alpha value is -2.41. The van der Waals surface area contributed by atoms with E-state index in [0.29, 0.717) is 30.4 Å². The first-order chi connectivity index (χ1) is 12.2. The average molecular weight is 344 g/mol. The maximum Gasteiger partial charge on any atom is 0.253 e. The monoisotopic (exact) mass is 344 g/mol. The second-order valence-corrected chi connectivity index (χ2v) is 6.33. The molecule has 2 aromatic rings. The van der Waals surface area contributed by atoms with Crippen molar-refractivity contribution in [2.45, 2.75) is 32.7 Å². The number of nitrogens with one attached hydrogen (secondary N) is 1. The number of carbonyl (C=O) groups excluding carboxylic acids is 1. The Balaban J connectivity index is 1.63. The fourth-order valence-electron chi connectivity index (χ4n) is 3.03. The summed E-state index contributed by atoms with van der Waals surface area (Å²) in [5.74, 6) is 1.40. The van der Waals surface area contributed by atoms with Crippen molar-refractivity contribution >= 4 is 11.6 Å². The van der Waals surface area contributed by atoms with Crippen LogP contribution in [0, 0.1) is 5.92 Å². The van der Waals surface area contributed by atoms with Crippen molar-refractivity contribution < 1.29 is 14.4 Å². The first kappa shape index (κ1) is 17.4. The number of anilines is 1. The lowest BCUT2D eigenvalue weighted by molar-refractivity contribution is 0.0621. The molecule has 0 radical (unpaired) electrons. The van der Waals surface area contributed by atoms with Gasteiger partial charge in [0.1, 0.15) is 0 Å². The van der Waals surface area contributed by atoms with E-state index >= 15 is 0 Å². The molecule has 1 atom stereocenters. The number of hydrogen-bond acceptors (Lipinski definition) is 6. The summed E-state index contributed by atoms with van der Waals surface area (Å²) >= 11 is 0. The molecular weight excluding hydrogens is 320 g/mol. The van der Waals surface area contributed by atoms with Crippen LogP contribution in [-0.4, -0.2) is 45.8 Å². The molecule has 7 nitrogen and oxygen atoms in total. The number of aliphatic hydroxyl groups is 1.